The quantitative estimate of drug-likeness (QED) is 0.182. The molecule has 0 bridgehead atoms. The predicted octanol–water partition coefficient (Wildman–Crippen LogP) is 13.7. The lowest BCUT2D eigenvalue weighted by molar-refractivity contribution is 0.257. The smallest absolute Gasteiger partial charge is 0.134 e. The molecule has 0 amide bonds. The van der Waals surface area contributed by atoms with Crippen LogP contribution in [0.4, 0.5) is 0 Å². The van der Waals surface area contributed by atoms with Gasteiger partial charge in [-0.2, -0.15) is 0 Å². The number of aromatic nitrogens is 3. The van der Waals surface area contributed by atoms with Gasteiger partial charge in [-0.25, -0.2) is 4.99 Å². The minimum absolute atomic E-state index is 0.209. The van der Waals surface area contributed by atoms with Crippen molar-refractivity contribution in [1.29, 1.82) is 0 Å². The van der Waals surface area contributed by atoms with Gasteiger partial charge < -0.3 is 18.6 Å². The van der Waals surface area contributed by atoms with Crippen LogP contribution in [0.15, 0.2) is 223 Å². The summed E-state index contributed by atoms with van der Waals surface area (Å²) in [6, 6.07) is 79.0. The summed E-state index contributed by atoms with van der Waals surface area (Å²) >= 11 is 0. The first-order chi connectivity index (χ1) is 31.7. The van der Waals surface area contributed by atoms with Gasteiger partial charge in [0.1, 0.15) is 18.2 Å². The Labute approximate surface area is 370 Å². The van der Waals surface area contributed by atoms with Crippen LogP contribution in [0.1, 0.15) is 29.0 Å². The Balaban J connectivity index is 0.978. The van der Waals surface area contributed by atoms with Crippen molar-refractivity contribution in [3.8, 4) is 17.1 Å². The van der Waals surface area contributed by atoms with Crippen molar-refractivity contribution in [2.75, 3.05) is 7.05 Å². The van der Waals surface area contributed by atoms with Crippen LogP contribution in [0.5, 0.6) is 0 Å². The summed E-state index contributed by atoms with van der Waals surface area (Å²) in [4.78, 5) is 7.94. The molecule has 4 heterocycles. The van der Waals surface area contributed by atoms with E-state index in [9.17, 15) is 0 Å². The normalized spacial score (nSPS) is 15.6. The van der Waals surface area contributed by atoms with Gasteiger partial charge in [-0.15, -0.1) is 0 Å². The topological polar surface area (TPSA) is 42.4 Å². The largest absolute Gasteiger partial charge is 0.340 e. The summed E-state index contributed by atoms with van der Waals surface area (Å²) in [5.74, 6) is 0.918. The zero-order chi connectivity index (χ0) is 42.3. The van der Waals surface area contributed by atoms with Gasteiger partial charge in [0.25, 0.3) is 0 Å². The van der Waals surface area contributed by atoms with Gasteiger partial charge in [0.2, 0.25) is 0 Å². The third kappa shape index (κ3) is 5.59. The lowest BCUT2D eigenvalue weighted by atomic mass is 10.0. The summed E-state index contributed by atoms with van der Waals surface area (Å²) in [6.45, 7) is 0. The Bertz CT molecular complexity index is 3670. The molecule has 1 aliphatic heterocycles. The maximum atomic E-state index is 5.64. The number of para-hydroxylation sites is 6. The molecule has 12 aromatic rings. The van der Waals surface area contributed by atoms with Crippen LogP contribution in [0, 0.1) is 0 Å². The summed E-state index contributed by atoms with van der Waals surface area (Å²) in [5, 5.41) is 11.5. The van der Waals surface area contributed by atoms with Gasteiger partial charge in [0.05, 0.1) is 33.1 Å². The van der Waals surface area contributed by atoms with E-state index in [1.807, 2.05) is 0 Å². The summed E-state index contributed by atoms with van der Waals surface area (Å²) < 4.78 is 7.17. The van der Waals surface area contributed by atoms with Crippen LogP contribution in [-0.4, -0.2) is 31.5 Å². The molecule has 13 rings (SSSR count). The summed E-state index contributed by atoms with van der Waals surface area (Å²) in [6.07, 6.45) is -0.558. The maximum absolute atomic E-state index is 5.64. The van der Waals surface area contributed by atoms with Crippen molar-refractivity contribution in [2.45, 2.75) is 12.3 Å². The first-order valence-corrected chi connectivity index (χ1v) is 22.0. The molecular formula is C58H42N6. The molecule has 0 saturated heterocycles. The molecule has 6 nitrogen and oxygen atoms in total. The van der Waals surface area contributed by atoms with E-state index in [0.717, 1.165) is 39.6 Å². The van der Waals surface area contributed by atoms with Crippen LogP contribution in [0.25, 0.3) is 82.5 Å². The number of amidine groups is 1. The maximum Gasteiger partial charge on any atom is 0.134 e. The average molecular weight is 823 g/mol. The lowest BCUT2D eigenvalue weighted by Gasteiger charge is -2.39. The van der Waals surface area contributed by atoms with E-state index < -0.39 is 0 Å². The van der Waals surface area contributed by atoms with Crippen molar-refractivity contribution < 1.29 is 0 Å². The second-order valence-corrected chi connectivity index (χ2v) is 16.9. The second kappa shape index (κ2) is 14.4. The molecule has 0 saturated carbocycles. The van der Waals surface area contributed by atoms with E-state index >= 15 is 0 Å². The molecule has 304 valence electrons. The molecule has 0 fully saturated rings. The Hall–Kier alpha value is -8.19. The van der Waals surface area contributed by atoms with E-state index in [0.29, 0.717) is 0 Å². The van der Waals surface area contributed by atoms with Gasteiger partial charge >= 0.3 is 0 Å². The third-order valence-electron chi connectivity index (χ3n) is 13.3. The lowest BCUT2D eigenvalue weighted by Crippen LogP contribution is -2.46. The molecule has 0 radical (unpaired) electrons. The monoisotopic (exact) mass is 822 g/mol. The van der Waals surface area contributed by atoms with Crippen molar-refractivity contribution in [2.24, 2.45) is 4.99 Å². The molecule has 64 heavy (non-hydrogen) atoms. The third-order valence-corrected chi connectivity index (χ3v) is 13.3. The molecule has 0 aliphatic carbocycles. The number of hydrogen-bond acceptors (Lipinski definition) is 3. The van der Waals surface area contributed by atoms with Crippen LogP contribution < -0.4 is 5.32 Å². The molecule has 0 spiro atoms. The number of aliphatic imine (C=N–C) groups is 1. The van der Waals surface area contributed by atoms with E-state index in [4.69, 9.17) is 4.99 Å². The second-order valence-electron chi connectivity index (χ2n) is 16.9. The molecule has 3 aromatic heterocycles. The number of benzene rings is 9. The average Bonchev–Trinajstić information content (AvgIpc) is 4.00. The number of fused-ring (bicyclic) bond motifs is 9. The fraction of sp³-hybridized carbons (Fsp3) is 0.0517. The fourth-order valence-corrected chi connectivity index (χ4v) is 10.5. The van der Waals surface area contributed by atoms with Crippen LogP contribution >= 0.6 is 0 Å². The molecule has 2 unspecified atom stereocenters. The first-order valence-electron chi connectivity index (χ1n) is 22.0. The zero-order valence-corrected chi connectivity index (χ0v) is 35.2. The molecule has 9 aromatic carbocycles. The molecule has 1 N–H and O–H groups in total. The minimum atomic E-state index is -0.349. The Morgan fingerprint density at radius 3 is 1.12 bits per heavy atom. The van der Waals surface area contributed by atoms with Crippen molar-refractivity contribution in [3.63, 3.8) is 0 Å². The van der Waals surface area contributed by atoms with Crippen LogP contribution in [0.3, 0.4) is 0 Å². The Morgan fingerprint density at radius 2 is 0.703 bits per heavy atom. The highest BCUT2D eigenvalue weighted by Crippen LogP contribution is 2.38. The Morgan fingerprint density at radius 1 is 0.359 bits per heavy atom. The van der Waals surface area contributed by atoms with E-state index in [1.165, 1.54) is 65.4 Å². The van der Waals surface area contributed by atoms with Crippen molar-refractivity contribution in [1.82, 2.24) is 23.9 Å². The molecular weight excluding hydrogens is 781 g/mol. The van der Waals surface area contributed by atoms with Crippen molar-refractivity contribution >= 4 is 71.3 Å². The fourth-order valence-electron chi connectivity index (χ4n) is 10.5. The van der Waals surface area contributed by atoms with Crippen LogP contribution in [-0.2, 0) is 0 Å². The van der Waals surface area contributed by atoms with E-state index in [-0.39, 0.29) is 12.3 Å². The van der Waals surface area contributed by atoms with E-state index in [2.05, 4.69) is 249 Å². The van der Waals surface area contributed by atoms with Gasteiger partial charge in [0, 0.05) is 62.0 Å². The SMILES string of the molecule is CN1C(c2cccc(-n3c4ccccc4c4ccccc43)c2)=NC(c2cccc(-n3c4ccccc4c4ccccc43)c2)NC1c1cccc(-n2c3ccccc3c3ccccc32)c1. The molecule has 6 heteroatoms. The Kier molecular flexibility index (Phi) is 8.23. The zero-order valence-electron chi connectivity index (χ0n) is 35.2. The van der Waals surface area contributed by atoms with Crippen molar-refractivity contribution in [3.05, 3.63) is 235 Å². The highest BCUT2D eigenvalue weighted by Gasteiger charge is 2.31. The number of hydrogen-bond donors (Lipinski definition) is 1. The standard InChI is InChI=1S/C58H42N6/c1-61-57(39-18-15-21-42(36-39)63-52-31-10-4-25-46(52)47-26-5-11-32-53(47)63)59-56(38-17-14-20-41(35-38)62-50-29-8-2-23-44(50)45-24-3-9-30-51(45)62)60-58(61)40-19-16-22-43(37-40)64-54-33-12-6-27-48(54)49-28-7-13-34-55(49)64/h2-37,56-57,59H,1H3. The number of nitrogens with one attached hydrogen (secondary N) is 1. The van der Waals surface area contributed by atoms with Gasteiger partial charge in [-0.1, -0.05) is 146 Å². The summed E-state index contributed by atoms with van der Waals surface area (Å²) in [7, 11) is 2.17. The number of rotatable bonds is 6. The van der Waals surface area contributed by atoms with Gasteiger partial charge in [-0.05, 0) is 83.9 Å². The predicted molar refractivity (Wildman–Crippen MR) is 265 cm³/mol. The number of nitrogens with zero attached hydrogens (tertiary/aromatic N) is 5. The van der Waals surface area contributed by atoms with Gasteiger partial charge in [0.15, 0.2) is 0 Å². The highest BCUT2D eigenvalue weighted by molar-refractivity contribution is 6.11. The molecule has 2 atom stereocenters. The van der Waals surface area contributed by atoms with Gasteiger partial charge in [-0.3, -0.25) is 5.32 Å². The highest BCUT2D eigenvalue weighted by atomic mass is 15.4. The minimum Gasteiger partial charge on any atom is -0.340 e. The van der Waals surface area contributed by atoms with Crippen LogP contribution in [0.2, 0.25) is 0 Å². The molecule has 1 aliphatic rings. The summed E-state index contributed by atoms with van der Waals surface area (Å²) in [5.41, 5.74) is 13.7. The van der Waals surface area contributed by atoms with E-state index in [1.54, 1.807) is 0 Å². The first kappa shape index (κ1) is 36.5.